The number of carbonyl (C=O) groups excluding carboxylic acids is 1. The van der Waals surface area contributed by atoms with Gasteiger partial charge < -0.3 is 10.1 Å². The molecule has 0 spiro atoms. The number of rotatable bonds is 9. The minimum Gasteiger partial charge on any atom is -0.472 e. The zero-order chi connectivity index (χ0) is 35.1. The van der Waals surface area contributed by atoms with E-state index in [2.05, 4.69) is 30.6 Å². The highest BCUT2D eigenvalue weighted by atomic mass is 35.5. The standard InChI is InChI=1S/C35H39ClN8O4S/c1-7-26-20-43(49(46,47)29-10-9-15-37-32(29)48-26)19-24-16-23(12-11-21(24)3)30(27-13-14-28-31(22(27)4)41-42-44(28)8-2)35(5,6)33(45)40-25-17-38-34(36)39-18-25/h9-18,26,30H,7-8,19-20H2,1-6H3,(H,40,45)/t26-,30?/m1/s1. The van der Waals surface area contributed by atoms with Gasteiger partial charge in [-0.15, -0.1) is 5.10 Å². The molecule has 0 saturated heterocycles. The van der Waals surface area contributed by atoms with Crippen LogP contribution >= 0.6 is 11.6 Å². The van der Waals surface area contributed by atoms with Crippen molar-refractivity contribution >= 4 is 44.3 Å². The van der Waals surface area contributed by atoms with E-state index in [1.54, 1.807) is 6.07 Å². The molecule has 0 bridgehead atoms. The Morgan fingerprint density at radius 2 is 1.86 bits per heavy atom. The number of amides is 1. The first-order valence-electron chi connectivity index (χ1n) is 16.2. The van der Waals surface area contributed by atoms with Crippen LogP contribution in [-0.4, -0.2) is 61.2 Å². The Hall–Kier alpha value is -4.46. The molecule has 1 unspecified atom stereocenters. The number of pyridine rings is 1. The predicted octanol–water partition coefficient (Wildman–Crippen LogP) is 6.07. The van der Waals surface area contributed by atoms with Crippen LogP contribution in [0.25, 0.3) is 11.0 Å². The Labute approximate surface area is 290 Å². The molecule has 2 atom stereocenters. The van der Waals surface area contributed by atoms with E-state index in [-0.39, 0.29) is 41.2 Å². The van der Waals surface area contributed by atoms with Crippen molar-refractivity contribution in [2.45, 2.75) is 78.0 Å². The van der Waals surface area contributed by atoms with Gasteiger partial charge >= 0.3 is 0 Å². The molecule has 3 aromatic heterocycles. The van der Waals surface area contributed by atoms with Crippen LogP contribution in [0.2, 0.25) is 5.28 Å². The maximum atomic E-state index is 14.2. The molecule has 0 aliphatic carbocycles. The van der Waals surface area contributed by atoms with Crippen LogP contribution in [0.5, 0.6) is 5.88 Å². The quantitative estimate of drug-likeness (QED) is 0.181. The first kappa shape index (κ1) is 34.4. The van der Waals surface area contributed by atoms with E-state index in [1.807, 2.05) is 76.6 Å². The number of nitrogens with one attached hydrogen (secondary N) is 1. The third-order valence-electron chi connectivity index (χ3n) is 9.33. The fourth-order valence-electron chi connectivity index (χ4n) is 6.43. The van der Waals surface area contributed by atoms with E-state index in [4.69, 9.17) is 16.3 Å². The summed E-state index contributed by atoms with van der Waals surface area (Å²) in [6.45, 7) is 12.7. The summed E-state index contributed by atoms with van der Waals surface area (Å²) in [5, 5.41) is 11.9. The van der Waals surface area contributed by atoms with E-state index in [9.17, 15) is 13.2 Å². The van der Waals surface area contributed by atoms with Gasteiger partial charge in [-0.1, -0.05) is 50.3 Å². The number of benzene rings is 2. The third kappa shape index (κ3) is 6.50. The summed E-state index contributed by atoms with van der Waals surface area (Å²) >= 11 is 5.89. The Morgan fingerprint density at radius 1 is 1.10 bits per heavy atom. The number of hydrogen-bond donors (Lipinski definition) is 1. The van der Waals surface area contributed by atoms with Crippen LogP contribution in [-0.2, 0) is 27.9 Å². The van der Waals surface area contributed by atoms with E-state index in [0.717, 1.165) is 38.9 Å². The van der Waals surface area contributed by atoms with Crippen molar-refractivity contribution in [1.29, 1.82) is 0 Å². The van der Waals surface area contributed by atoms with Crippen LogP contribution in [0.15, 0.2) is 66.0 Å². The highest BCUT2D eigenvalue weighted by molar-refractivity contribution is 7.89. The molecule has 5 aromatic rings. The molecule has 1 N–H and O–H groups in total. The van der Waals surface area contributed by atoms with Crippen molar-refractivity contribution in [2.24, 2.45) is 5.41 Å². The Bertz CT molecular complexity index is 2140. The maximum Gasteiger partial charge on any atom is 0.248 e. The summed E-state index contributed by atoms with van der Waals surface area (Å²) in [5.74, 6) is -0.620. The molecule has 1 amide bonds. The van der Waals surface area contributed by atoms with E-state index in [0.29, 0.717) is 18.7 Å². The maximum absolute atomic E-state index is 14.2. The van der Waals surface area contributed by atoms with Crippen LogP contribution in [0, 0.1) is 19.3 Å². The average Bonchev–Trinajstić information content (AvgIpc) is 3.47. The van der Waals surface area contributed by atoms with Crippen molar-refractivity contribution in [3.05, 3.63) is 94.2 Å². The van der Waals surface area contributed by atoms with Gasteiger partial charge in [-0.25, -0.2) is 28.1 Å². The number of fused-ring (bicyclic) bond motifs is 2. The van der Waals surface area contributed by atoms with Crippen molar-refractivity contribution in [1.82, 2.24) is 34.3 Å². The fraction of sp³-hybridized carbons (Fsp3) is 0.371. The van der Waals surface area contributed by atoms with Gasteiger partial charge in [-0.3, -0.25) is 4.79 Å². The van der Waals surface area contributed by atoms with Gasteiger partial charge in [0.25, 0.3) is 0 Å². The Morgan fingerprint density at radius 3 is 2.57 bits per heavy atom. The van der Waals surface area contributed by atoms with Crippen molar-refractivity contribution in [3.63, 3.8) is 0 Å². The minimum atomic E-state index is -3.93. The molecule has 256 valence electrons. The SMILES string of the molecule is CC[C@@H]1CN(Cc2cc(C(c3ccc4c(nnn4CC)c3C)C(C)(C)C(=O)Nc3cnc(Cl)nc3)ccc2C)S(=O)(=O)c2cccnc2O1. The molecule has 0 radical (unpaired) electrons. The number of sulfonamides is 1. The van der Waals surface area contributed by atoms with Gasteiger partial charge in [0.1, 0.15) is 16.5 Å². The molecular formula is C35H39ClN8O4S. The van der Waals surface area contributed by atoms with Crippen molar-refractivity contribution in [3.8, 4) is 5.88 Å². The average molecular weight is 703 g/mol. The fourth-order valence-corrected chi connectivity index (χ4v) is 8.05. The van der Waals surface area contributed by atoms with Crippen LogP contribution in [0.1, 0.15) is 67.9 Å². The lowest BCUT2D eigenvalue weighted by molar-refractivity contribution is -0.124. The minimum absolute atomic E-state index is 0.0469. The Balaban J connectivity index is 1.46. The first-order valence-corrected chi connectivity index (χ1v) is 18.0. The summed E-state index contributed by atoms with van der Waals surface area (Å²) in [6, 6.07) is 13.1. The number of ether oxygens (including phenoxy) is 1. The topological polar surface area (TPSA) is 145 Å². The molecule has 6 rings (SSSR count). The number of nitrogens with zero attached hydrogens (tertiary/aromatic N) is 7. The normalized spacial score (nSPS) is 16.8. The molecule has 2 aromatic carbocycles. The number of hydrogen-bond acceptors (Lipinski definition) is 9. The van der Waals surface area contributed by atoms with E-state index < -0.39 is 21.4 Å². The van der Waals surface area contributed by atoms with Gasteiger partial charge in [0, 0.05) is 25.2 Å². The van der Waals surface area contributed by atoms with Gasteiger partial charge in [-0.2, -0.15) is 4.31 Å². The van der Waals surface area contributed by atoms with Gasteiger partial charge in [0.15, 0.2) is 0 Å². The molecule has 14 heteroatoms. The molecule has 1 aliphatic heterocycles. The zero-order valence-electron chi connectivity index (χ0n) is 28.3. The number of anilines is 1. The van der Waals surface area contributed by atoms with Crippen molar-refractivity contribution < 1.29 is 17.9 Å². The molecule has 4 heterocycles. The molecule has 12 nitrogen and oxygen atoms in total. The largest absolute Gasteiger partial charge is 0.472 e. The first-order chi connectivity index (χ1) is 23.3. The molecule has 1 aliphatic rings. The molecule has 49 heavy (non-hydrogen) atoms. The second-order valence-electron chi connectivity index (χ2n) is 12.8. The molecular weight excluding hydrogens is 664 g/mol. The molecule has 0 saturated carbocycles. The lowest BCUT2D eigenvalue weighted by Gasteiger charge is -2.35. The highest BCUT2D eigenvalue weighted by Gasteiger charge is 2.41. The summed E-state index contributed by atoms with van der Waals surface area (Å²) < 4.78 is 37.3. The third-order valence-corrected chi connectivity index (χ3v) is 11.3. The van der Waals surface area contributed by atoms with Gasteiger partial charge in [0.2, 0.25) is 27.1 Å². The number of aryl methyl sites for hydroxylation is 3. The van der Waals surface area contributed by atoms with Gasteiger partial charge in [0.05, 0.1) is 35.6 Å². The summed E-state index contributed by atoms with van der Waals surface area (Å²) in [6.07, 6.45) is 4.70. The lowest BCUT2D eigenvalue weighted by Crippen LogP contribution is -2.38. The second kappa shape index (κ2) is 13.4. The van der Waals surface area contributed by atoms with Crippen LogP contribution in [0.4, 0.5) is 5.69 Å². The predicted molar refractivity (Wildman–Crippen MR) is 187 cm³/mol. The molecule has 0 fully saturated rings. The summed E-state index contributed by atoms with van der Waals surface area (Å²) in [5.41, 5.74) is 5.42. The van der Waals surface area contributed by atoms with E-state index in [1.165, 1.54) is 29.0 Å². The summed E-state index contributed by atoms with van der Waals surface area (Å²) in [7, 11) is -3.93. The van der Waals surface area contributed by atoms with Crippen LogP contribution < -0.4 is 10.1 Å². The van der Waals surface area contributed by atoms with Gasteiger partial charge in [-0.05, 0) is 84.8 Å². The van der Waals surface area contributed by atoms with E-state index >= 15 is 0 Å². The zero-order valence-corrected chi connectivity index (χ0v) is 29.9. The highest BCUT2D eigenvalue weighted by Crippen LogP contribution is 2.45. The lowest BCUT2D eigenvalue weighted by atomic mass is 9.69. The Kier molecular flexibility index (Phi) is 9.44. The summed E-state index contributed by atoms with van der Waals surface area (Å²) in [4.78, 5) is 26.5. The number of halogens is 1. The smallest absolute Gasteiger partial charge is 0.248 e. The van der Waals surface area contributed by atoms with Crippen molar-refractivity contribution in [2.75, 3.05) is 11.9 Å². The number of aromatic nitrogens is 6. The van der Waals surface area contributed by atoms with Crippen LogP contribution in [0.3, 0.4) is 0 Å². The second-order valence-corrected chi connectivity index (χ2v) is 15.1. The number of carbonyl (C=O) groups is 1. The monoisotopic (exact) mass is 702 g/mol.